The van der Waals surface area contributed by atoms with Gasteiger partial charge in [0.2, 0.25) is 17.6 Å². The van der Waals surface area contributed by atoms with Crippen LogP contribution < -0.4 is 5.32 Å². The van der Waals surface area contributed by atoms with Crippen molar-refractivity contribution >= 4 is 17.5 Å². The summed E-state index contributed by atoms with van der Waals surface area (Å²) in [5, 5.41) is 14.7. The first kappa shape index (κ1) is 19.5. The van der Waals surface area contributed by atoms with E-state index < -0.39 is 0 Å². The van der Waals surface area contributed by atoms with E-state index in [4.69, 9.17) is 0 Å². The fourth-order valence-electron chi connectivity index (χ4n) is 2.24. The van der Waals surface area contributed by atoms with Crippen LogP contribution in [0.15, 0.2) is 24.3 Å². The highest BCUT2D eigenvalue weighted by Gasteiger charge is 2.09. The van der Waals surface area contributed by atoms with E-state index in [1.807, 2.05) is 36.2 Å². The average Bonchev–Trinajstić information content (AvgIpc) is 3.04. The van der Waals surface area contributed by atoms with Crippen LogP contribution in [0.5, 0.6) is 0 Å². The number of benzene rings is 1. The van der Waals surface area contributed by atoms with Crippen molar-refractivity contribution in [2.45, 2.75) is 12.8 Å². The second-order valence-electron chi connectivity index (χ2n) is 6.32. The first-order chi connectivity index (χ1) is 12.3. The number of hydrogen-bond donors (Lipinski definition) is 1. The predicted octanol–water partition coefficient (Wildman–Crippen LogP) is 0.616. The number of nitrogens with one attached hydrogen (secondary N) is 1. The second-order valence-corrected chi connectivity index (χ2v) is 6.32. The molecule has 9 nitrogen and oxygen atoms in total. The molecule has 2 amide bonds. The third-order valence-corrected chi connectivity index (χ3v) is 3.86. The van der Waals surface area contributed by atoms with Crippen LogP contribution in [0.2, 0.25) is 0 Å². The van der Waals surface area contributed by atoms with Crippen molar-refractivity contribution in [3.63, 3.8) is 0 Å². The number of nitrogens with zero attached hydrogens (tertiary/aromatic N) is 6. The molecule has 0 atom stereocenters. The van der Waals surface area contributed by atoms with Crippen LogP contribution >= 0.6 is 0 Å². The zero-order valence-electron chi connectivity index (χ0n) is 15.6. The number of amides is 2. The standard InChI is InChI=1S/C17H25N7O2/c1-22(2)16(26)10-12-23(3)11-9-15(25)18-14-7-5-13(6-8-14)17-19-21-24(4)20-17/h5-8H,9-12H2,1-4H3,(H,18,25). The molecule has 0 saturated carbocycles. The van der Waals surface area contributed by atoms with Gasteiger partial charge in [-0.05, 0) is 36.5 Å². The largest absolute Gasteiger partial charge is 0.349 e. The van der Waals surface area contributed by atoms with Crippen molar-refractivity contribution in [1.82, 2.24) is 30.0 Å². The maximum Gasteiger partial charge on any atom is 0.225 e. The molecule has 0 fully saturated rings. The van der Waals surface area contributed by atoms with Crippen molar-refractivity contribution in [1.29, 1.82) is 0 Å². The van der Waals surface area contributed by atoms with E-state index in [1.54, 1.807) is 26.0 Å². The van der Waals surface area contributed by atoms with Crippen molar-refractivity contribution in [3.05, 3.63) is 24.3 Å². The van der Waals surface area contributed by atoms with Gasteiger partial charge in [-0.15, -0.1) is 10.2 Å². The molecule has 1 N–H and O–H groups in total. The molecular formula is C17H25N7O2. The smallest absolute Gasteiger partial charge is 0.225 e. The molecule has 0 bridgehead atoms. The van der Waals surface area contributed by atoms with Crippen molar-refractivity contribution < 1.29 is 9.59 Å². The Kier molecular flexibility index (Phi) is 6.79. The molecule has 0 aliphatic carbocycles. The Hall–Kier alpha value is -2.81. The molecule has 2 rings (SSSR count). The number of tetrazole rings is 1. The van der Waals surface area contributed by atoms with Crippen LogP contribution in [0.1, 0.15) is 12.8 Å². The molecular weight excluding hydrogens is 334 g/mol. The Bertz CT molecular complexity index is 740. The number of carbonyl (C=O) groups is 2. The van der Waals surface area contributed by atoms with Gasteiger partial charge in [0.1, 0.15) is 0 Å². The molecule has 0 radical (unpaired) electrons. The van der Waals surface area contributed by atoms with Crippen LogP contribution in [0.25, 0.3) is 11.4 Å². The van der Waals surface area contributed by atoms with Gasteiger partial charge >= 0.3 is 0 Å². The molecule has 0 spiro atoms. The maximum absolute atomic E-state index is 12.1. The second kappa shape index (κ2) is 9.04. The minimum absolute atomic E-state index is 0.0684. The molecule has 2 aromatic rings. The summed E-state index contributed by atoms with van der Waals surface area (Å²) in [6.45, 7) is 1.22. The fraction of sp³-hybridized carbons (Fsp3) is 0.471. The van der Waals surface area contributed by atoms with E-state index in [0.29, 0.717) is 37.4 Å². The monoisotopic (exact) mass is 359 g/mol. The Balaban J connectivity index is 1.76. The summed E-state index contributed by atoms with van der Waals surface area (Å²) in [4.78, 5) is 28.6. The number of carbonyl (C=O) groups excluding carboxylic acids is 2. The molecule has 0 saturated heterocycles. The van der Waals surface area contributed by atoms with E-state index >= 15 is 0 Å². The topological polar surface area (TPSA) is 96.2 Å². The zero-order valence-corrected chi connectivity index (χ0v) is 15.6. The lowest BCUT2D eigenvalue weighted by atomic mass is 10.2. The Labute approximate surface area is 153 Å². The molecule has 1 aromatic carbocycles. The van der Waals surface area contributed by atoms with Gasteiger partial charge in [-0.25, -0.2) is 0 Å². The summed E-state index contributed by atoms with van der Waals surface area (Å²) in [7, 11) is 7.08. The van der Waals surface area contributed by atoms with Crippen LogP contribution in [-0.4, -0.2) is 76.1 Å². The first-order valence-electron chi connectivity index (χ1n) is 8.38. The highest BCUT2D eigenvalue weighted by Crippen LogP contribution is 2.17. The number of hydrogen-bond acceptors (Lipinski definition) is 6. The van der Waals surface area contributed by atoms with E-state index in [2.05, 4.69) is 20.7 Å². The van der Waals surface area contributed by atoms with E-state index in [9.17, 15) is 9.59 Å². The zero-order chi connectivity index (χ0) is 19.1. The number of aryl methyl sites for hydroxylation is 1. The van der Waals surface area contributed by atoms with Gasteiger partial charge in [0.15, 0.2) is 0 Å². The Morgan fingerprint density at radius 1 is 1.08 bits per heavy atom. The number of aromatic nitrogens is 4. The highest BCUT2D eigenvalue weighted by atomic mass is 16.2. The summed E-state index contributed by atoms with van der Waals surface area (Å²) in [5.74, 6) is 0.555. The van der Waals surface area contributed by atoms with Crippen LogP contribution in [0, 0.1) is 0 Å². The summed E-state index contributed by atoms with van der Waals surface area (Å²) >= 11 is 0. The number of anilines is 1. The van der Waals surface area contributed by atoms with Crippen LogP contribution in [0.3, 0.4) is 0 Å². The van der Waals surface area contributed by atoms with Gasteiger partial charge in [-0.2, -0.15) is 4.80 Å². The van der Waals surface area contributed by atoms with E-state index in [0.717, 1.165) is 5.56 Å². The minimum atomic E-state index is -0.0684. The van der Waals surface area contributed by atoms with Crippen LogP contribution in [0.4, 0.5) is 5.69 Å². The lowest BCUT2D eigenvalue weighted by Crippen LogP contribution is -2.30. The Morgan fingerprint density at radius 2 is 1.73 bits per heavy atom. The van der Waals surface area contributed by atoms with Gasteiger partial charge in [0, 0.05) is 51.3 Å². The Morgan fingerprint density at radius 3 is 2.31 bits per heavy atom. The van der Waals surface area contributed by atoms with Gasteiger partial charge in [-0.3, -0.25) is 9.59 Å². The van der Waals surface area contributed by atoms with Gasteiger partial charge in [-0.1, -0.05) is 0 Å². The van der Waals surface area contributed by atoms with Gasteiger partial charge in [0.05, 0.1) is 7.05 Å². The summed E-state index contributed by atoms with van der Waals surface area (Å²) in [6, 6.07) is 7.29. The quantitative estimate of drug-likeness (QED) is 0.742. The lowest BCUT2D eigenvalue weighted by molar-refractivity contribution is -0.128. The summed E-state index contributed by atoms with van der Waals surface area (Å²) < 4.78 is 0. The summed E-state index contributed by atoms with van der Waals surface area (Å²) in [5.41, 5.74) is 1.55. The highest BCUT2D eigenvalue weighted by molar-refractivity contribution is 5.91. The lowest BCUT2D eigenvalue weighted by Gasteiger charge is -2.17. The van der Waals surface area contributed by atoms with Gasteiger partial charge < -0.3 is 15.1 Å². The normalized spacial score (nSPS) is 10.8. The predicted molar refractivity (Wildman–Crippen MR) is 98.3 cm³/mol. The minimum Gasteiger partial charge on any atom is -0.349 e. The molecule has 26 heavy (non-hydrogen) atoms. The third kappa shape index (κ3) is 5.92. The van der Waals surface area contributed by atoms with E-state index in [1.165, 1.54) is 4.80 Å². The van der Waals surface area contributed by atoms with Crippen molar-refractivity contribution in [2.75, 3.05) is 39.5 Å². The maximum atomic E-state index is 12.1. The van der Waals surface area contributed by atoms with Crippen molar-refractivity contribution in [2.24, 2.45) is 7.05 Å². The third-order valence-electron chi connectivity index (χ3n) is 3.86. The molecule has 0 aliphatic heterocycles. The fourth-order valence-corrected chi connectivity index (χ4v) is 2.24. The molecule has 0 aliphatic rings. The molecule has 140 valence electrons. The molecule has 1 heterocycles. The molecule has 1 aromatic heterocycles. The SMILES string of the molecule is CN(CCC(=O)Nc1ccc(-c2nnn(C)n2)cc1)CCC(=O)N(C)C. The molecule has 0 unspecified atom stereocenters. The summed E-state index contributed by atoms with van der Waals surface area (Å²) in [6.07, 6.45) is 0.809. The first-order valence-corrected chi connectivity index (χ1v) is 8.38. The van der Waals surface area contributed by atoms with Crippen LogP contribution in [-0.2, 0) is 16.6 Å². The number of rotatable bonds is 8. The average molecular weight is 359 g/mol. The van der Waals surface area contributed by atoms with E-state index in [-0.39, 0.29) is 11.8 Å². The molecule has 9 heteroatoms. The van der Waals surface area contributed by atoms with Gasteiger partial charge in [0.25, 0.3) is 0 Å². The van der Waals surface area contributed by atoms with Crippen molar-refractivity contribution in [3.8, 4) is 11.4 Å².